The number of aromatic nitrogens is 2. The van der Waals surface area contributed by atoms with Crippen LogP contribution in [0.4, 0.5) is 5.82 Å². The van der Waals surface area contributed by atoms with Crippen LogP contribution >= 0.6 is 11.6 Å². The van der Waals surface area contributed by atoms with Crippen LogP contribution in [0.3, 0.4) is 0 Å². The Bertz CT molecular complexity index is 1400. The number of hydrogen-bond acceptors (Lipinski definition) is 7. The molecule has 190 valence electrons. The molecule has 0 aliphatic carbocycles. The number of para-hydroxylation sites is 1. The number of amides is 1. The lowest BCUT2D eigenvalue weighted by Crippen LogP contribution is -2.58. The van der Waals surface area contributed by atoms with Crippen LogP contribution in [0.5, 0.6) is 0 Å². The topological polar surface area (TPSA) is 108 Å². The third-order valence-corrected chi connectivity index (χ3v) is 9.13. The summed E-state index contributed by atoms with van der Waals surface area (Å²) in [5, 5.41) is 7.45. The van der Waals surface area contributed by atoms with Gasteiger partial charge in [0.05, 0.1) is 17.1 Å². The molecule has 9 nitrogen and oxygen atoms in total. The van der Waals surface area contributed by atoms with Crippen LogP contribution in [-0.4, -0.2) is 71.8 Å². The Balaban J connectivity index is 1.50. The molecule has 2 bridgehead atoms. The molecular formula is C25H29ClN6O3S. The number of sulfonamides is 1. The highest BCUT2D eigenvalue weighted by Crippen LogP contribution is 2.28. The Morgan fingerprint density at radius 3 is 2.58 bits per heavy atom. The van der Waals surface area contributed by atoms with Gasteiger partial charge in [-0.25, -0.2) is 18.4 Å². The van der Waals surface area contributed by atoms with Crippen molar-refractivity contribution < 1.29 is 13.2 Å². The number of benzene rings is 2. The molecule has 0 radical (unpaired) electrons. The van der Waals surface area contributed by atoms with Crippen molar-refractivity contribution in [1.82, 2.24) is 24.5 Å². The van der Waals surface area contributed by atoms with Crippen LogP contribution in [0, 0.1) is 5.92 Å². The van der Waals surface area contributed by atoms with Gasteiger partial charge in [-0.2, -0.15) is 4.31 Å². The third-order valence-electron chi connectivity index (χ3n) is 6.77. The largest absolute Gasteiger partial charge is 0.358 e. The monoisotopic (exact) mass is 528 g/mol. The van der Waals surface area contributed by atoms with Crippen molar-refractivity contribution in [3.8, 4) is 0 Å². The second-order valence-corrected chi connectivity index (χ2v) is 11.8. The molecule has 1 unspecified atom stereocenters. The normalized spacial score (nSPS) is 21.9. The highest BCUT2D eigenvalue weighted by Gasteiger charge is 2.36. The average molecular weight is 529 g/mol. The summed E-state index contributed by atoms with van der Waals surface area (Å²) in [6.45, 7) is 5.67. The first-order chi connectivity index (χ1) is 17.2. The third kappa shape index (κ3) is 4.78. The van der Waals surface area contributed by atoms with Gasteiger partial charge in [0.25, 0.3) is 0 Å². The molecule has 36 heavy (non-hydrogen) atoms. The lowest BCUT2D eigenvalue weighted by molar-refractivity contribution is -0.123. The maximum Gasteiger partial charge on any atom is 0.244 e. The number of carbonyl (C=O) groups is 1. The van der Waals surface area contributed by atoms with Crippen LogP contribution in [0.25, 0.3) is 10.9 Å². The first-order valence-electron chi connectivity index (χ1n) is 12.0. The molecule has 1 fully saturated rings. The van der Waals surface area contributed by atoms with Gasteiger partial charge in [-0.15, -0.1) is 0 Å². The molecule has 1 amide bonds. The number of piperazine rings is 1. The van der Waals surface area contributed by atoms with Gasteiger partial charge < -0.3 is 10.6 Å². The minimum atomic E-state index is -3.79. The van der Waals surface area contributed by atoms with Crippen molar-refractivity contribution >= 4 is 44.3 Å². The molecule has 3 heterocycles. The molecule has 0 spiro atoms. The van der Waals surface area contributed by atoms with Crippen molar-refractivity contribution in [2.45, 2.75) is 37.4 Å². The van der Waals surface area contributed by atoms with Gasteiger partial charge in [-0.3, -0.25) is 9.69 Å². The van der Waals surface area contributed by atoms with Crippen molar-refractivity contribution in [3.05, 3.63) is 59.4 Å². The smallest absolute Gasteiger partial charge is 0.244 e. The van der Waals surface area contributed by atoms with E-state index in [9.17, 15) is 13.2 Å². The van der Waals surface area contributed by atoms with Crippen LogP contribution in [0.2, 0.25) is 5.02 Å². The van der Waals surface area contributed by atoms with E-state index in [-0.39, 0.29) is 34.3 Å². The number of hydrogen-bond donors (Lipinski definition) is 2. The molecule has 0 saturated carbocycles. The lowest BCUT2D eigenvalue weighted by atomic mass is 10.0. The number of rotatable bonds is 3. The van der Waals surface area contributed by atoms with Crippen molar-refractivity contribution in [3.63, 3.8) is 0 Å². The molecule has 1 aromatic heterocycles. The van der Waals surface area contributed by atoms with Gasteiger partial charge in [-0.1, -0.05) is 49.7 Å². The Morgan fingerprint density at radius 1 is 1.06 bits per heavy atom. The van der Waals surface area contributed by atoms with Gasteiger partial charge in [0, 0.05) is 37.6 Å². The molecule has 2 aliphatic rings. The predicted molar refractivity (Wildman–Crippen MR) is 139 cm³/mol. The number of nitrogens with zero attached hydrogens (tertiary/aromatic N) is 4. The fourth-order valence-electron chi connectivity index (χ4n) is 4.78. The summed E-state index contributed by atoms with van der Waals surface area (Å²) in [7, 11) is -3.79. The maximum absolute atomic E-state index is 13.4. The summed E-state index contributed by atoms with van der Waals surface area (Å²) in [6.07, 6.45) is 0. The second kappa shape index (κ2) is 9.93. The first kappa shape index (κ1) is 24.9. The Kier molecular flexibility index (Phi) is 6.86. The Hall–Kier alpha value is -2.79. The number of carbonyl (C=O) groups excluding carboxylic acids is 1. The fourth-order valence-corrected chi connectivity index (χ4v) is 6.74. The number of nitrogens with one attached hydrogen (secondary N) is 2. The van der Waals surface area contributed by atoms with Crippen LogP contribution in [0.15, 0.2) is 53.4 Å². The van der Waals surface area contributed by atoms with Crippen LogP contribution in [-0.2, 0) is 21.4 Å². The van der Waals surface area contributed by atoms with E-state index < -0.39 is 16.1 Å². The summed E-state index contributed by atoms with van der Waals surface area (Å²) < 4.78 is 28.3. The van der Waals surface area contributed by atoms with E-state index in [0.29, 0.717) is 37.8 Å². The maximum atomic E-state index is 13.4. The van der Waals surface area contributed by atoms with E-state index in [1.54, 1.807) is 18.2 Å². The molecular weight excluding hydrogens is 500 g/mol. The lowest BCUT2D eigenvalue weighted by Gasteiger charge is -2.40. The Morgan fingerprint density at radius 2 is 1.81 bits per heavy atom. The number of fused-ring (bicyclic) bond motifs is 5. The highest BCUT2D eigenvalue weighted by molar-refractivity contribution is 7.89. The molecule has 11 heteroatoms. The van der Waals surface area contributed by atoms with E-state index in [1.807, 2.05) is 38.1 Å². The Labute approximate surface area is 215 Å². The zero-order chi connectivity index (χ0) is 25.4. The summed E-state index contributed by atoms with van der Waals surface area (Å²) in [5.41, 5.74) is 0.795. The van der Waals surface area contributed by atoms with Gasteiger partial charge in [0.15, 0.2) is 0 Å². The molecule has 2 aromatic carbocycles. The van der Waals surface area contributed by atoms with Gasteiger partial charge in [0.1, 0.15) is 22.6 Å². The summed E-state index contributed by atoms with van der Waals surface area (Å²) in [4.78, 5) is 25.0. The fraction of sp³-hybridized carbons (Fsp3) is 0.400. The summed E-state index contributed by atoms with van der Waals surface area (Å²) in [6, 6.07) is 13.4. The van der Waals surface area contributed by atoms with Crippen LogP contribution < -0.4 is 10.6 Å². The SMILES string of the molecule is CC(C)[C@@H]1Nc2nc(nc3ccccc23)CN2CCN(S(=O)(=O)c3ccccc3Cl)CC2CNC1=O. The number of halogens is 1. The van der Waals surface area contributed by atoms with E-state index in [0.717, 1.165) is 10.9 Å². The summed E-state index contributed by atoms with van der Waals surface area (Å²) in [5.74, 6) is 1.10. The van der Waals surface area contributed by atoms with Crippen molar-refractivity contribution in [2.75, 3.05) is 31.5 Å². The standard InChI is InChI=1S/C25H29ClN6O3S/c1-16(2)23-25(33)27-13-17-14-32(36(34,35)21-10-6-4-8-19(21)26)12-11-31(17)15-22-28-20-9-5-3-7-18(20)24(29-22)30-23/h3-10,16-17,23H,11-15H2,1-2H3,(H,27,33)(H,28,29,30)/t17?,23-/m0/s1. The van der Waals surface area contributed by atoms with Gasteiger partial charge >= 0.3 is 0 Å². The molecule has 3 aromatic rings. The molecule has 2 N–H and O–H groups in total. The van der Waals surface area contributed by atoms with Crippen molar-refractivity contribution in [1.29, 1.82) is 0 Å². The predicted octanol–water partition coefficient (Wildman–Crippen LogP) is 2.72. The second-order valence-electron chi connectivity index (χ2n) is 9.53. The average Bonchev–Trinajstić information content (AvgIpc) is 2.87. The highest BCUT2D eigenvalue weighted by atomic mass is 35.5. The quantitative estimate of drug-likeness (QED) is 0.538. The zero-order valence-corrected chi connectivity index (χ0v) is 21.8. The van der Waals surface area contributed by atoms with E-state index >= 15 is 0 Å². The summed E-state index contributed by atoms with van der Waals surface area (Å²) >= 11 is 6.22. The van der Waals surface area contributed by atoms with E-state index in [1.165, 1.54) is 10.4 Å². The minimum Gasteiger partial charge on any atom is -0.358 e. The van der Waals surface area contributed by atoms with Crippen LogP contribution in [0.1, 0.15) is 19.7 Å². The van der Waals surface area contributed by atoms with E-state index in [2.05, 4.69) is 15.5 Å². The zero-order valence-electron chi connectivity index (χ0n) is 20.2. The van der Waals surface area contributed by atoms with Crippen molar-refractivity contribution in [2.24, 2.45) is 5.92 Å². The molecule has 2 aliphatic heterocycles. The molecule has 1 saturated heterocycles. The molecule has 5 rings (SSSR count). The van der Waals surface area contributed by atoms with Gasteiger partial charge in [0.2, 0.25) is 15.9 Å². The number of anilines is 1. The molecule has 2 atom stereocenters. The minimum absolute atomic E-state index is 0.00230. The first-order valence-corrected chi connectivity index (χ1v) is 13.8. The van der Waals surface area contributed by atoms with E-state index in [4.69, 9.17) is 21.6 Å². The van der Waals surface area contributed by atoms with Gasteiger partial charge in [-0.05, 0) is 30.2 Å².